The van der Waals surface area contributed by atoms with Crippen LogP contribution in [0.5, 0.6) is 5.75 Å². The van der Waals surface area contributed by atoms with E-state index in [4.69, 9.17) is 14.3 Å². The lowest BCUT2D eigenvalue weighted by molar-refractivity contribution is -0.0317. The number of amides is 2. The molecule has 3 aliphatic heterocycles. The van der Waals surface area contributed by atoms with Crippen molar-refractivity contribution in [2.45, 2.75) is 57.3 Å². The van der Waals surface area contributed by atoms with Crippen molar-refractivity contribution in [3.8, 4) is 5.75 Å². The van der Waals surface area contributed by atoms with Gasteiger partial charge in [0.2, 0.25) is 5.43 Å². The number of methoxy groups -OCH3 is 1. The fraction of sp³-hybridized carbons (Fsp3) is 0.448. The number of oxime groups is 1. The Labute approximate surface area is 235 Å². The Hall–Kier alpha value is -4.06. The minimum atomic E-state index is -1.01. The lowest BCUT2D eigenvalue weighted by Gasteiger charge is -2.42. The van der Waals surface area contributed by atoms with E-state index >= 15 is 0 Å². The number of pyridine rings is 1. The number of rotatable bonds is 9. The number of unbranched alkanes of at least 4 members (excludes halogenated alkanes) is 1. The van der Waals surface area contributed by atoms with Gasteiger partial charge in [0.25, 0.3) is 11.8 Å². The number of fused-ring (bicyclic) bond motifs is 5. The topological polar surface area (TPSA) is 111 Å². The molecule has 0 saturated carbocycles. The van der Waals surface area contributed by atoms with Crippen molar-refractivity contribution in [2.24, 2.45) is 5.16 Å². The molecular formula is C29H32F2N4O6. The largest absolute Gasteiger partial charge is 0.487 e. The molecule has 1 N–H and O–H groups in total. The second-order valence-corrected chi connectivity index (χ2v) is 10.5. The van der Waals surface area contributed by atoms with Crippen LogP contribution >= 0.6 is 0 Å². The summed E-state index contributed by atoms with van der Waals surface area (Å²) in [5.41, 5.74) is -1.29. The molecule has 0 saturated heterocycles. The van der Waals surface area contributed by atoms with Gasteiger partial charge in [-0.25, -0.2) is 8.78 Å². The summed E-state index contributed by atoms with van der Waals surface area (Å²) in [7, 11) is 1.56. The molecule has 5 rings (SSSR count). The molecule has 3 atom stereocenters. The van der Waals surface area contributed by atoms with Gasteiger partial charge in [-0.05, 0) is 25.5 Å². The lowest BCUT2D eigenvalue weighted by Crippen LogP contribution is -2.53. The van der Waals surface area contributed by atoms with E-state index in [0.717, 1.165) is 12.5 Å². The summed E-state index contributed by atoms with van der Waals surface area (Å²) in [5, 5.41) is 6.77. The zero-order valence-electron chi connectivity index (χ0n) is 23.1. The smallest absolute Gasteiger partial charge is 0.275 e. The van der Waals surface area contributed by atoms with E-state index in [1.165, 1.54) is 12.3 Å². The summed E-state index contributed by atoms with van der Waals surface area (Å²) in [6, 6.07) is 2.14. The Kier molecular flexibility index (Phi) is 7.94. The molecule has 2 amide bonds. The summed E-state index contributed by atoms with van der Waals surface area (Å²) in [6.45, 7) is 4.21. The number of hydrogen-bond donors (Lipinski definition) is 1. The average molecular weight is 571 g/mol. The van der Waals surface area contributed by atoms with E-state index in [1.807, 2.05) is 26.0 Å². The highest BCUT2D eigenvalue weighted by atomic mass is 19.1. The fourth-order valence-electron chi connectivity index (χ4n) is 5.41. The summed E-state index contributed by atoms with van der Waals surface area (Å²) < 4.78 is 40.3. The van der Waals surface area contributed by atoms with Gasteiger partial charge in [0.05, 0.1) is 25.0 Å². The molecule has 3 aliphatic rings. The molecule has 1 aromatic carbocycles. The van der Waals surface area contributed by atoms with Crippen LogP contribution < -0.4 is 15.5 Å². The van der Waals surface area contributed by atoms with Gasteiger partial charge in [-0.1, -0.05) is 30.6 Å². The first-order valence-corrected chi connectivity index (χ1v) is 13.6. The summed E-state index contributed by atoms with van der Waals surface area (Å²) in [6.07, 6.45) is 6.87. The van der Waals surface area contributed by atoms with Gasteiger partial charge in [-0.15, -0.1) is 0 Å². The second-order valence-electron chi connectivity index (χ2n) is 10.5. The van der Waals surface area contributed by atoms with Crippen molar-refractivity contribution >= 4 is 17.5 Å². The van der Waals surface area contributed by atoms with E-state index < -0.39 is 40.5 Å². The van der Waals surface area contributed by atoms with E-state index in [2.05, 4.69) is 10.5 Å². The van der Waals surface area contributed by atoms with Gasteiger partial charge < -0.3 is 29.1 Å². The quantitative estimate of drug-likeness (QED) is 0.366. The highest BCUT2D eigenvalue weighted by Crippen LogP contribution is 2.43. The Morgan fingerprint density at radius 1 is 1.29 bits per heavy atom. The van der Waals surface area contributed by atoms with Crippen molar-refractivity contribution in [1.82, 2.24) is 14.8 Å². The van der Waals surface area contributed by atoms with Gasteiger partial charge in [-0.2, -0.15) is 0 Å². The van der Waals surface area contributed by atoms with Crippen LogP contribution in [0.2, 0.25) is 0 Å². The number of hydrogen-bond acceptors (Lipinski definition) is 7. The number of aromatic nitrogens is 1. The molecule has 1 aromatic heterocycles. The first kappa shape index (κ1) is 28.5. The molecule has 1 spiro atoms. The van der Waals surface area contributed by atoms with Gasteiger partial charge in [0, 0.05) is 50.5 Å². The zero-order valence-corrected chi connectivity index (χ0v) is 23.1. The maximum Gasteiger partial charge on any atom is 0.275 e. The third-order valence-corrected chi connectivity index (χ3v) is 7.65. The van der Waals surface area contributed by atoms with Crippen molar-refractivity contribution < 1.29 is 32.7 Å². The zero-order chi connectivity index (χ0) is 29.3. The van der Waals surface area contributed by atoms with Crippen LogP contribution in [-0.4, -0.2) is 65.5 Å². The predicted molar refractivity (Wildman–Crippen MR) is 145 cm³/mol. The molecule has 41 heavy (non-hydrogen) atoms. The van der Waals surface area contributed by atoms with Crippen LogP contribution in [0.4, 0.5) is 8.78 Å². The van der Waals surface area contributed by atoms with Crippen molar-refractivity contribution in [2.75, 3.05) is 26.9 Å². The van der Waals surface area contributed by atoms with Crippen LogP contribution in [0.3, 0.4) is 0 Å². The number of halogens is 2. The minimum absolute atomic E-state index is 0.0298. The number of carbonyl (C=O) groups excluding carboxylic acids is 2. The Morgan fingerprint density at radius 3 is 2.83 bits per heavy atom. The summed E-state index contributed by atoms with van der Waals surface area (Å²) >= 11 is 0. The Morgan fingerprint density at radius 2 is 2.10 bits per heavy atom. The van der Waals surface area contributed by atoms with Gasteiger partial charge in [0.1, 0.15) is 17.2 Å². The molecule has 218 valence electrons. The monoisotopic (exact) mass is 570 g/mol. The van der Waals surface area contributed by atoms with E-state index in [0.29, 0.717) is 24.6 Å². The van der Waals surface area contributed by atoms with Gasteiger partial charge in [-0.3, -0.25) is 14.4 Å². The third kappa shape index (κ3) is 5.23. The maximum absolute atomic E-state index is 14.2. The average Bonchev–Trinajstić information content (AvgIpc) is 3.30. The number of nitrogens with one attached hydrogen (secondary N) is 1. The third-order valence-electron chi connectivity index (χ3n) is 7.65. The molecule has 10 nitrogen and oxygen atoms in total. The molecule has 12 heteroatoms. The van der Waals surface area contributed by atoms with E-state index in [-0.39, 0.29) is 54.9 Å². The van der Waals surface area contributed by atoms with E-state index in [1.54, 1.807) is 16.6 Å². The number of benzene rings is 1. The highest BCUT2D eigenvalue weighted by Gasteiger charge is 2.52. The molecule has 0 unspecified atom stereocenters. The van der Waals surface area contributed by atoms with Gasteiger partial charge in [0.15, 0.2) is 17.0 Å². The van der Waals surface area contributed by atoms with Gasteiger partial charge >= 0.3 is 0 Å². The number of nitrogens with zero attached hydrogens (tertiary/aromatic N) is 3. The van der Waals surface area contributed by atoms with Crippen molar-refractivity contribution in [1.29, 1.82) is 0 Å². The SMILES string of the molecule is CCCCOc1c2n(cc(C(=O)NCc3ccc(F)cc3F)c1=O)[C@@H]1CN(C2=O)[C@@H](C)C=C[C@]12CC(COC)=NO2. The predicted octanol–water partition coefficient (Wildman–Crippen LogP) is 3.35. The first-order chi connectivity index (χ1) is 19.7. The molecule has 2 bridgehead atoms. The highest BCUT2D eigenvalue weighted by molar-refractivity contribution is 5.99. The van der Waals surface area contributed by atoms with Crippen molar-refractivity contribution in [3.63, 3.8) is 0 Å². The first-order valence-electron chi connectivity index (χ1n) is 13.6. The minimum Gasteiger partial charge on any atom is -0.487 e. The number of carbonyl (C=O) groups is 2. The Bertz CT molecular complexity index is 1490. The summed E-state index contributed by atoms with van der Waals surface area (Å²) in [5.74, 6) is -2.99. The Balaban J connectivity index is 1.59. The molecule has 0 radical (unpaired) electrons. The van der Waals surface area contributed by atoms with Crippen LogP contribution in [0.15, 0.2) is 46.5 Å². The second kappa shape index (κ2) is 11.4. The maximum atomic E-state index is 14.2. The van der Waals surface area contributed by atoms with Crippen LogP contribution in [0, 0.1) is 11.6 Å². The molecule has 2 aromatic rings. The molecule has 0 aliphatic carbocycles. The molecule has 0 fully saturated rings. The normalized spacial score (nSPS) is 22.7. The van der Waals surface area contributed by atoms with Crippen molar-refractivity contribution in [3.05, 3.63) is 75.2 Å². The van der Waals surface area contributed by atoms with Crippen LogP contribution in [-0.2, 0) is 16.1 Å². The fourth-order valence-corrected chi connectivity index (χ4v) is 5.41. The van der Waals surface area contributed by atoms with E-state index in [9.17, 15) is 23.2 Å². The summed E-state index contributed by atoms with van der Waals surface area (Å²) in [4.78, 5) is 48.5. The lowest BCUT2D eigenvalue weighted by atomic mass is 9.87. The van der Waals surface area contributed by atoms with Crippen LogP contribution in [0.1, 0.15) is 65.6 Å². The molecule has 4 heterocycles. The van der Waals surface area contributed by atoms with Crippen LogP contribution in [0.25, 0.3) is 0 Å². The number of ether oxygens (including phenoxy) is 2. The standard InChI is InChI=1S/C29H32F2N4O6/c1-4-5-10-40-26-24-28(38)34-15-23(29(9-8-17(34)2)12-20(16-39-3)33-41-29)35(24)14-21(25(26)36)27(37)32-13-18-6-7-19(30)11-22(18)31/h6-9,11,14,17,23H,4-5,10,12-13,15-16H2,1-3H3,(H,32,37)/t17-,23+,29-/m0/s1. The molecular weight excluding hydrogens is 538 g/mol.